The van der Waals surface area contributed by atoms with E-state index >= 15 is 0 Å². The summed E-state index contributed by atoms with van der Waals surface area (Å²) in [6.07, 6.45) is 7.63. The topological polar surface area (TPSA) is 38.7 Å². The minimum absolute atomic E-state index is 0.0500. The minimum Gasteiger partial charge on any atom is -0.496 e. The van der Waals surface area contributed by atoms with E-state index in [-0.39, 0.29) is 6.61 Å². The molecule has 0 aliphatic heterocycles. The van der Waals surface area contributed by atoms with Gasteiger partial charge < -0.3 is 14.6 Å². The number of rotatable bonds is 11. The second-order valence-corrected chi connectivity index (χ2v) is 5.12. The van der Waals surface area contributed by atoms with Crippen molar-refractivity contribution in [2.75, 3.05) is 13.7 Å². The smallest absolute Gasteiger partial charge is 0.124 e. The lowest BCUT2D eigenvalue weighted by atomic mass is 10.1. The van der Waals surface area contributed by atoms with E-state index < -0.39 is 0 Å². The van der Waals surface area contributed by atoms with Crippen molar-refractivity contribution in [2.24, 2.45) is 0 Å². The maximum Gasteiger partial charge on any atom is 0.124 e. The lowest BCUT2D eigenvalue weighted by Crippen LogP contribution is -1.99. The van der Waals surface area contributed by atoms with Gasteiger partial charge in [-0.25, -0.2) is 0 Å². The summed E-state index contributed by atoms with van der Waals surface area (Å²) in [6.45, 7) is 3.62. The third-order valence-electron chi connectivity index (χ3n) is 3.43. The van der Waals surface area contributed by atoms with Crippen LogP contribution in [0.3, 0.4) is 0 Å². The number of aliphatic hydroxyl groups excluding tert-OH is 1. The van der Waals surface area contributed by atoms with E-state index in [1.54, 1.807) is 7.11 Å². The molecule has 114 valence electrons. The molecule has 0 saturated heterocycles. The van der Waals surface area contributed by atoms with Gasteiger partial charge in [-0.1, -0.05) is 45.1 Å². The molecule has 1 rings (SSSR count). The molecule has 0 aliphatic carbocycles. The first-order valence-corrected chi connectivity index (χ1v) is 7.66. The Morgan fingerprint density at radius 2 is 1.80 bits per heavy atom. The standard InChI is InChI=1S/C17H28O3/c1-3-4-5-6-7-8-11-20-14-16-12-15(13-18)9-10-17(16)19-2/h9-10,12,18H,3-8,11,13-14H2,1-2H3. The van der Waals surface area contributed by atoms with Gasteiger partial charge >= 0.3 is 0 Å². The molecule has 0 saturated carbocycles. The normalized spacial score (nSPS) is 10.8. The number of methoxy groups -OCH3 is 1. The van der Waals surface area contributed by atoms with Gasteiger partial charge in [0.05, 0.1) is 20.3 Å². The minimum atomic E-state index is 0.0500. The molecule has 0 radical (unpaired) electrons. The van der Waals surface area contributed by atoms with Gasteiger partial charge in [0.1, 0.15) is 5.75 Å². The lowest BCUT2D eigenvalue weighted by molar-refractivity contribution is 0.114. The van der Waals surface area contributed by atoms with Crippen molar-refractivity contribution in [1.29, 1.82) is 0 Å². The molecule has 0 spiro atoms. The van der Waals surface area contributed by atoms with E-state index in [4.69, 9.17) is 14.6 Å². The SMILES string of the molecule is CCCCCCCCOCc1cc(CO)ccc1OC. The molecule has 0 fully saturated rings. The zero-order chi connectivity index (χ0) is 14.6. The Balaban J connectivity index is 2.24. The predicted octanol–water partition coefficient (Wildman–Crippen LogP) is 4.06. The second kappa shape index (κ2) is 10.7. The van der Waals surface area contributed by atoms with Crippen molar-refractivity contribution >= 4 is 0 Å². The van der Waals surface area contributed by atoms with E-state index in [2.05, 4.69) is 6.92 Å². The van der Waals surface area contributed by atoms with E-state index in [9.17, 15) is 0 Å². The van der Waals surface area contributed by atoms with Gasteiger partial charge in [-0.05, 0) is 24.1 Å². The van der Waals surface area contributed by atoms with Crippen LogP contribution in [0.5, 0.6) is 5.75 Å². The molecule has 0 aliphatic rings. The Bertz CT molecular complexity index is 363. The molecular weight excluding hydrogens is 252 g/mol. The molecule has 20 heavy (non-hydrogen) atoms. The molecule has 0 atom stereocenters. The van der Waals surface area contributed by atoms with Gasteiger partial charge in [0.15, 0.2) is 0 Å². The predicted molar refractivity (Wildman–Crippen MR) is 81.9 cm³/mol. The zero-order valence-corrected chi connectivity index (χ0v) is 12.9. The number of hydrogen-bond donors (Lipinski definition) is 1. The average molecular weight is 280 g/mol. The first kappa shape index (κ1) is 17.0. The molecule has 1 aromatic rings. The van der Waals surface area contributed by atoms with Gasteiger partial charge in [0.2, 0.25) is 0 Å². The number of benzene rings is 1. The van der Waals surface area contributed by atoms with Gasteiger partial charge in [0, 0.05) is 12.2 Å². The van der Waals surface area contributed by atoms with Crippen LogP contribution in [0.15, 0.2) is 18.2 Å². The summed E-state index contributed by atoms with van der Waals surface area (Å²) in [5, 5.41) is 9.16. The van der Waals surface area contributed by atoms with Crippen LogP contribution >= 0.6 is 0 Å². The molecule has 3 heteroatoms. The Hall–Kier alpha value is -1.06. The second-order valence-electron chi connectivity index (χ2n) is 5.12. The van der Waals surface area contributed by atoms with Crippen LogP contribution in [-0.2, 0) is 18.0 Å². The molecular formula is C17H28O3. The van der Waals surface area contributed by atoms with Gasteiger partial charge in [-0.15, -0.1) is 0 Å². The van der Waals surface area contributed by atoms with Crippen molar-refractivity contribution in [3.05, 3.63) is 29.3 Å². The summed E-state index contributed by atoms with van der Waals surface area (Å²) in [4.78, 5) is 0. The van der Waals surface area contributed by atoms with Crippen LogP contribution < -0.4 is 4.74 Å². The first-order chi connectivity index (χ1) is 9.81. The van der Waals surface area contributed by atoms with E-state index in [0.717, 1.165) is 29.9 Å². The number of hydrogen-bond acceptors (Lipinski definition) is 3. The fourth-order valence-corrected chi connectivity index (χ4v) is 2.21. The zero-order valence-electron chi connectivity index (χ0n) is 12.9. The van der Waals surface area contributed by atoms with Gasteiger partial charge in [-0.3, -0.25) is 0 Å². The maximum atomic E-state index is 9.16. The van der Waals surface area contributed by atoms with E-state index in [1.165, 1.54) is 32.1 Å². The Kier molecular flexibility index (Phi) is 9.09. The Morgan fingerprint density at radius 1 is 1.05 bits per heavy atom. The highest BCUT2D eigenvalue weighted by Crippen LogP contribution is 2.21. The number of unbranched alkanes of at least 4 members (excludes halogenated alkanes) is 5. The summed E-state index contributed by atoms with van der Waals surface area (Å²) in [6, 6.07) is 5.70. The van der Waals surface area contributed by atoms with Gasteiger partial charge in [-0.2, -0.15) is 0 Å². The van der Waals surface area contributed by atoms with Crippen LogP contribution in [0.2, 0.25) is 0 Å². The third kappa shape index (κ3) is 6.40. The summed E-state index contributed by atoms with van der Waals surface area (Å²) < 4.78 is 11.0. The van der Waals surface area contributed by atoms with E-state index in [0.29, 0.717) is 6.61 Å². The highest BCUT2D eigenvalue weighted by Gasteiger charge is 2.04. The molecule has 0 amide bonds. The summed E-state index contributed by atoms with van der Waals surface area (Å²) in [7, 11) is 1.66. The molecule has 1 aromatic carbocycles. The van der Waals surface area contributed by atoms with Crippen LogP contribution in [0.25, 0.3) is 0 Å². The number of ether oxygens (including phenoxy) is 2. The van der Waals surface area contributed by atoms with Gasteiger partial charge in [0.25, 0.3) is 0 Å². The van der Waals surface area contributed by atoms with Crippen LogP contribution in [-0.4, -0.2) is 18.8 Å². The number of aliphatic hydroxyl groups is 1. The first-order valence-electron chi connectivity index (χ1n) is 7.66. The van der Waals surface area contributed by atoms with Crippen LogP contribution in [0, 0.1) is 0 Å². The summed E-state index contributed by atoms with van der Waals surface area (Å²) in [5.41, 5.74) is 1.90. The molecule has 0 bridgehead atoms. The highest BCUT2D eigenvalue weighted by molar-refractivity contribution is 5.36. The van der Waals surface area contributed by atoms with Crippen molar-refractivity contribution in [1.82, 2.24) is 0 Å². The van der Waals surface area contributed by atoms with Crippen molar-refractivity contribution in [3.63, 3.8) is 0 Å². The van der Waals surface area contributed by atoms with Crippen molar-refractivity contribution in [2.45, 2.75) is 58.7 Å². The largest absolute Gasteiger partial charge is 0.496 e. The Labute approximate surface area is 122 Å². The molecule has 0 aromatic heterocycles. The summed E-state index contributed by atoms with van der Waals surface area (Å²) >= 11 is 0. The van der Waals surface area contributed by atoms with Crippen molar-refractivity contribution < 1.29 is 14.6 Å². The molecule has 0 unspecified atom stereocenters. The molecule has 3 nitrogen and oxygen atoms in total. The molecule has 1 N–H and O–H groups in total. The average Bonchev–Trinajstić information content (AvgIpc) is 2.49. The van der Waals surface area contributed by atoms with Crippen LogP contribution in [0.4, 0.5) is 0 Å². The van der Waals surface area contributed by atoms with E-state index in [1.807, 2.05) is 18.2 Å². The fourth-order valence-electron chi connectivity index (χ4n) is 2.21. The Morgan fingerprint density at radius 3 is 2.50 bits per heavy atom. The lowest BCUT2D eigenvalue weighted by Gasteiger charge is -2.10. The monoisotopic (exact) mass is 280 g/mol. The fraction of sp³-hybridized carbons (Fsp3) is 0.647. The van der Waals surface area contributed by atoms with Crippen molar-refractivity contribution in [3.8, 4) is 5.75 Å². The quantitative estimate of drug-likeness (QED) is 0.621. The third-order valence-corrected chi connectivity index (χ3v) is 3.43. The highest BCUT2D eigenvalue weighted by atomic mass is 16.5. The maximum absolute atomic E-state index is 9.16. The van der Waals surface area contributed by atoms with Crippen LogP contribution in [0.1, 0.15) is 56.6 Å². The molecule has 0 heterocycles. The summed E-state index contributed by atoms with van der Waals surface area (Å²) in [5.74, 6) is 0.824.